The molecule has 1 saturated heterocycles. The zero-order chi connectivity index (χ0) is 22.8. The molecule has 0 spiro atoms. The van der Waals surface area contributed by atoms with Crippen molar-refractivity contribution in [3.63, 3.8) is 0 Å². The largest absolute Gasteiger partial charge is 0.507 e. The standard InChI is InChI=1S/C25H30BrN3O2S.ClH/c1-16(2)29-11-9-17(10-12-29)27-25(31)24-19-13-23(30)20(26)14-21(19)28(3)22(24)15-32-18-7-5-4-6-8-18;/h4-8,13-14,16-17,30H,9-12,15H2,1-3H3,(H,27,31);1H. The summed E-state index contributed by atoms with van der Waals surface area (Å²) in [7, 11) is 1.99. The van der Waals surface area contributed by atoms with Gasteiger partial charge in [-0.1, -0.05) is 18.2 Å². The zero-order valence-corrected chi connectivity index (χ0v) is 22.4. The van der Waals surface area contributed by atoms with Gasteiger partial charge in [-0.25, -0.2) is 0 Å². The summed E-state index contributed by atoms with van der Waals surface area (Å²) in [5, 5.41) is 14.4. The second-order valence-electron chi connectivity index (χ2n) is 8.68. The smallest absolute Gasteiger partial charge is 0.253 e. The topological polar surface area (TPSA) is 57.5 Å². The van der Waals surface area contributed by atoms with Crippen LogP contribution in [0, 0.1) is 0 Å². The summed E-state index contributed by atoms with van der Waals surface area (Å²) in [6.45, 7) is 6.44. The van der Waals surface area contributed by atoms with Gasteiger partial charge in [0, 0.05) is 53.9 Å². The van der Waals surface area contributed by atoms with E-state index in [1.165, 1.54) is 0 Å². The van der Waals surface area contributed by atoms with Gasteiger partial charge >= 0.3 is 0 Å². The molecule has 1 aliphatic heterocycles. The molecular formula is C25H31BrClN3O2S. The molecule has 5 nitrogen and oxygen atoms in total. The lowest BCUT2D eigenvalue weighted by Crippen LogP contribution is -2.46. The van der Waals surface area contributed by atoms with Gasteiger partial charge in [-0.3, -0.25) is 4.79 Å². The van der Waals surface area contributed by atoms with Gasteiger partial charge in [0.2, 0.25) is 0 Å². The molecule has 8 heteroatoms. The number of hydrogen-bond donors (Lipinski definition) is 2. The molecule has 2 aromatic carbocycles. The van der Waals surface area contributed by atoms with Gasteiger partial charge in [0.15, 0.2) is 0 Å². The van der Waals surface area contributed by atoms with Crippen LogP contribution in [0.15, 0.2) is 51.8 Å². The number of fused-ring (bicyclic) bond motifs is 1. The Kier molecular flexibility index (Phi) is 8.78. The van der Waals surface area contributed by atoms with Crippen molar-refractivity contribution < 1.29 is 9.90 Å². The van der Waals surface area contributed by atoms with Crippen molar-refractivity contribution in [3.8, 4) is 5.75 Å². The van der Waals surface area contributed by atoms with E-state index in [0.717, 1.165) is 47.4 Å². The Morgan fingerprint density at radius 3 is 2.52 bits per heavy atom. The van der Waals surface area contributed by atoms with Crippen LogP contribution in [0.4, 0.5) is 0 Å². The van der Waals surface area contributed by atoms with Gasteiger partial charge in [-0.05, 0) is 66.9 Å². The van der Waals surface area contributed by atoms with Crippen LogP contribution in [0.1, 0.15) is 42.7 Å². The molecule has 1 fully saturated rings. The van der Waals surface area contributed by atoms with E-state index in [4.69, 9.17) is 0 Å². The van der Waals surface area contributed by atoms with Gasteiger partial charge in [0.05, 0.1) is 15.6 Å². The number of aryl methyl sites for hydroxylation is 1. The quantitative estimate of drug-likeness (QED) is 0.370. The Balaban J connectivity index is 0.00000306. The van der Waals surface area contributed by atoms with E-state index in [-0.39, 0.29) is 30.1 Å². The third-order valence-corrected chi connectivity index (χ3v) is 7.99. The number of phenols is 1. The monoisotopic (exact) mass is 551 g/mol. The highest BCUT2D eigenvalue weighted by molar-refractivity contribution is 9.10. The predicted molar refractivity (Wildman–Crippen MR) is 143 cm³/mol. The number of aromatic hydroxyl groups is 1. The highest BCUT2D eigenvalue weighted by Gasteiger charge is 2.27. The molecule has 1 aromatic heterocycles. The molecule has 178 valence electrons. The van der Waals surface area contributed by atoms with E-state index in [9.17, 15) is 9.90 Å². The fourth-order valence-electron chi connectivity index (χ4n) is 4.41. The van der Waals surface area contributed by atoms with Gasteiger partial charge in [-0.2, -0.15) is 0 Å². The first kappa shape index (κ1) is 25.9. The number of aromatic nitrogens is 1. The summed E-state index contributed by atoms with van der Waals surface area (Å²) >= 11 is 5.13. The first-order valence-electron chi connectivity index (χ1n) is 11.1. The first-order valence-corrected chi connectivity index (χ1v) is 12.9. The fraction of sp³-hybridized carbons (Fsp3) is 0.400. The molecule has 0 aliphatic carbocycles. The van der Waals surface area contributed by atoms with Gasteiger partial charge in [0.1, 0.15) is 5.75 Å². The fourth-order valence-corrected chi connectivity index (χ4v) is 5.73. The van der Waals surface area contributed by atoms with E-state index in [1.807, 2.05) is 31.3 Å². The first-order chi connectivity index (χ1) is 15.3. The third-order valence-electron chi connectivity index (χ3n) is 6.33. The van der Waals surface area contributed by atoms with E-state index < -0.39 is 0 Å². The van der Waals surface area contributed by atoms with Gasteiger partial charge in [0.25, 0.3) is 5.91 Å². The van der Waals surface area contributed by atoms with Crippen LogP contribution in [-0.2, 0) is 12.8 Å². The second-order valence-corrected chi connectivity index (χ2v) is 10.6. The average molecular weight is 553 g/mol. The number of thioether (sulfide) groups is 1. The van der Waals surface area contributed by atoms with Crippen LogP contribution in [0.5, 0.6) is 5.75 Å². The number of nitrogens with one attached hydrogen (secondary N) is 1. The van der Waals surface area contributed by atoms with Crippen LogP contribution in [0.3, 0.4) is 0 Å². The van der Waals surface area contributed by atoms with Gasteiger partial charge < -0.3 is 19.9 Å². The van der Waals surface area contributed by atoms with Crippen molar-refractivity contribution in [1.82, 2.24) is 14.8 Å². The minimum atomic E-state index is -0.0519. The number of halogens is 2. The minimum absolute atomic E-state index is 0. The molecule has 0 unspecified atom stereocenters. The lowest BCUT2D eigenvalue weighted by Gasteiger charge is -2.34. The molecule has 0 saturated carbocycles. The van der Waals surface area contributed by atoms with Crippen molar-refractivity contribution in [1.29, 1.82) is 0 Å². The summed E-state index contributed by atoms with van der Waals surface area (Å²) < 4.78 is 2.70. The summed E-state index contributed by atoms with van der Waals surface area (Å²) in [4.78, 5) is 17.2. The molecule has 0 radical (unpaired) electrons. The predicted octanol–water partition coefficient (Wildman–Crippen LogP) is 5.96. The SMILES string of the molecule is CC(C)N1CCC(NC(=O)c2c(CSc3ccccc3)n(C)c3cc(Br)c(O)cc23)CC1.Cl. The number of hydrogen-bond acceptors (Lipinski definition) is 4. The van der Waals surface area contributed by atoms with Gasteiger partial charge in [-0.15, -0.1) is 24.2 Å². The van der Waals surface area contributed by atoms with E-state index in [0.29, 0.717) is 21.8 Å². The number of likely N-dealkylation sites (tertiary alicyclic amines) is 1. The lowest BCUT2D eigenvalue weighted by molar-refractivity contribution is 0.0901. The highest BCUT2D eigenvalue weighted by Crippen LogP contribution is 2.36. The highest BCUT2D eigenvalue weighted by atomic mass is 79.9. The van der Waals surface area contributed by atoms with Crippen LogP contribution in [0.25, 0.3) is 10.9 Å². The van der Waals surface area contributed by atoms with E-state index in [2.05, 4.69) is 56.7 Å². The Morgan fingerprint density at radius 1 is 1.21 bits per heavy atom. The Bertz CT molecular complexity index is 1110. The van der Waals surface area contributed by atoms with Crippen molar-refractivity contribution in [2.75, 3.05) is 13.1 Å². The summed E-state index contributed by atoms with van der Waals surface area (Å²) in [6.07, 6.45) is 1.92. The number of rotatable bonds is 6. The van der Waals surface area contributed by atoms with Crippen molar-refractivity contribution in [3.05, 3.63) is 58.2 Å². The number of benzene rings is 2. The number of nitrogens with zero attached hydrogens (tertiary/aromatic N) is 2. The normalized spacial score (nSPS) is 15.1. The molecule has 0 atom stereocenters. The zero-order valence-electron chi connectivity index (χ0n) is 19.2. The van der Waals surface area contributed by atoms with Crippen LogP contribution >= 0.6 is 40.1 Å². The van der Waals surface area contributed by atoms with Crippen molar-refractivity contribution in [2.24, 2.45) is 7.05 Å². The minimum Gasteiger partial charge on any atom is -0.507 e. The summed E-state index contributed by atoms with van der Waals surface area (Å²) in [5.74, 6) is 0.760. The van der Waals surface area contributed by atoms with Crippen LogP contribution < -0.4 is 5.32 Å². The summed E-state index contributed by atoms with van der Waals surface area (Å²) in [6, 6.07) is 14.5. The maximum Gasteiger partial charge on any atom is 0.253 e. The third kappa shape index (κ3) is 5.70. The van der Waals surface area contributed by atoms with E-state index in [1.54, 1.807) is 17.8 Å². The van der Waals surface area contributed by atoms with Crippen LogP contribution in [0.2, 0.25) is 0 Å². The van der Waals surface area contributed by atoms with E-state index >= 15 is 0 Å². The second kappa shape index (κ2) is 11.2. The molecule has 1 aliphatic rings. The molecule has 3 aromatic rings. The molecular weight excluding hydrogens is 522 g/mol. The van der Waals surface area contributed by atoms with Crippen molar-refractivity contribution >= 4 is 56.9 Å². The number of amides is 1. The molecule has 4 rings (SSSR count). The average Bonchev–Trinajstić information content (AvgIpc) is 3.04. The molecule has 33 heavy (non-hydrogen) atoms. The number of piperidine rings is 1. The lowest BCUT2D eigenvalue weighted by atomic mass is 10.0. The number of carbonyl (C=O) groups is 1. The number of phenolic OH excluding ortho intramolecular Hbond substituents is 1. The van der Waals surface area contributed by atoms with Crippen LogP contribution in [-0.4, -0.2) is 45.7 Å². The molecule has 1 amide bonds. The maximum absolute atomic E-state index is 13.5. The molecule has 2 N–H and O–H groups in total. The van der Waals surface area contributed by atoms with Crippen molar-refractivity contribution in [2.45, 2.75) is 49.4 Å². The number of carbonyl (C=O) groups excluding carboxylic acids is 1. The summed E-state index contributed by atoms with van der Waals surface area (Å²) in [5.41, 5.74) is 2.56. The Labute approximate surface area is 214 Å². The maximum atomic E-state index is 13.5. The Morgan fingerprint density at radius 2 is 1.88 bits per heavy atom. The molecule has 2 heterocycles. The Hall–Kier alpha value is -1.67. The molecule has 0 bridgehead atoms.